The van der Waals surface area contributed by atoms with Crippen LogP contribution in [0.25, 0.3) is 0 Å². The smallest absolute Gasteiger partial charge is 0.129 e. The lowest BCUT2D eigenvalue weighted by atomic mass is 10.0. The van der Waals surface area contributed by atoms with Crippen molar-refractivity contribution in [3.63, 3.8) is 0 Å². The number of hydrogen-bond acceptors (Lipinski definition) is 1. The number of rotatable bonds is 3. The Balaban J connectivity index is 2.73. The van der Waals surface area contributed by atoms with Crippen LogP contribution in [0.15, 0.2) is 18.2 Å². The zero-order valence-electron chi connectivity index (χ0n) is 7.63. The Morgan fingerprint density at radius 2 is 2.14 bits per heavy atom. The summed E-state index contributed by atoms with van der Waals surface area (Å²) in [7, 11) is 0. The van der Waals surface area contributed by atoms with Gasteiger partial charge in [0.25, 0.3) is 0 Å². The number of halogens is 2. The quantitative estimate of drug-likeness (QED) is 0.732. The molecule has 74 valence electrons. The number of benzene rings is 1. The zero-order chi connectivity index (χ0) is 10.6. The van der Waals surface area contributed by atoms with Crippen molar-refractivity contribution in [3.05, 3.63) is 35.4 Å². The molecule has 1 aromatic carbocycles. The molecule has 2 N–H and O–H groups in total. The average Bonchev–Trinajstić information content (AvgIpc) is 2.10. The minimum atomic E-state index is -0.586. The lowest BCUT2D eigenvalue weighted by Crippen LogP contribution is -2.22. The first-order valence-corrected chi connectivity index (χ1v) is 4.26. The monoisotopic (exact) mass is 195 g/mol. The van der Waals surface area contributed by atoms with Gasteiger partial charge in [0.05, 0.1) is 0 Å². The molecular weight excluding hydrogens is 184 g/mol. The van der Waals surface area contributed by atoms with E-state index in [0.717, 1.165) is 6.07 Å². The Hall–Kier alpha value is -1.40. The third-order valence-corrected chi connectivity index (χ3v) is 1.88. The highest BCUT2D eigenvalue weighted by atomic mass is 19.1. The van der Waals surface area contributed by atoms with Crippen molar-refractivity contribution in [2.45, 2.75) is 18.9 Å². The summed E-state index contributed by atoms with van der Waals surface area (Å²) in [5, 5.41) is 0. The molecule has 0 amide bonds. The van der Waals surface area contributed by atoms with Crippen LogP contribution >= 0.6 is 0 Å². The van der Waals surface area contributed by atoms with Gasteiger partial charge in [-0.25, -0.2) is 8.78 Å². The molecule has 1 nitrogen and oxygen atoms in total. The highest BCUT2D eigenvalue weighted by molar-refractivity contribution is 5.19. The van der Waals surface area contributed by atoms with E-state index in [1.165, 1.54) is 12.1 Å². The highest BCUT2D eigenvalue weighted by Crippen LogP contribution is 2.11. The molecule has 0 saturated heterocycles. The van der Waals surface area contributed by atoms with Crippen LogP contribution in [0.3, 0.4) is 0 Å². The van der Waals surface area contributed by atoms with Gasteiger partial charge in [0, 0.05) is 18.5 Å². The second-order valence-electron chi connectivity index (χ2n) is 3.11. The van der Waals surface area contributed by atoms with Gasteiger partial charge >= 0.3 is 0 Å². The van der Waals surface area contributed by atoms with Gasteiger partial charge in [-0.05, 0) is 18.1 Å². The molecule has 1 aromatic rings. The van der Waals surface area contributed by atoms with Gasteiger partial charge in [0.15, 0.2) is 0 Å². The van der Waals surface area contributed by atoms with E-state index in [4.69, 9.17) is 12.2 Å². The van der Waals surface area contributed by atoms with E-state index < -0.39 is 11.6 Å². The largest absolute Gasteiger partial charge is 0.327 e. The molecular formula is C11H11F2N. The van der Waals surface area contributed by atoms with Crippen LogP contribution in [0, 0.1) is 24.0 Å². The SMILES string of the molecule is C#CCC(N)Cc1ccc(F)cc1F. The van der Waals surface area contributed by atoms with E-state index in [9.17, 15) is 8.78 Å². The first kappa shape index (κ1) is 10.7. The maximum absolute atomic E-state index is 13.1. The summed E-state index contributed by atoms with van der Waals surface area (Å²) in [6.07, 6.45) is 5.78. The van der Waals surface area contributed by atoms with Crippen molar-refractivity contribution in [1.82, 2.24) is 0 Å². The topological polar surface area (TPSA) is 26.0 Å². The van der Waals surface area contributed by atoms with Gasteiger partial charge in [-0.3, -0.25) is 0 Å². The Morgan fingerprint density at radius 3 is 2.71 bits per heavy atom. The van der Waals surface area contributed by atoms with Gasteiger partial charge in [0.1, 0.15) is 11.6 Å². The van der Waals surface area contributed by atoms with E-state index in [1.807, 2.05) is 0 Å². The molecule has 1 atom stereocenters. The molecule has 0 aliphatic rings. The molecule has 0 heterocycles. The van der Waals surface area contributed by atoms with Crippen molar-refractivity contribution in [2.75, 3.05) is 0 Å². The molecule has 0 fully saturated rings. The third-order valence-electron chi connectivity index (χ3n) is 1.88. The summed E-state index contributed by atoms with van der Waals surface area (Å²) in [4.78, 5) is 0. The summed E-state index contributed by atoms with van der Waals surface area (Å²) in [6, 6.07) is 3.17. The molecule has 0 aliphatic heterocycles. The van der Waals surface area contributed by atoms with E-state index >= 15 is 0 Å². The summed E-state index contributed by atoms with van der Waals surface area (Å²) >= 11 is 0. The Morgan fingerprint density at radius 1 is 1.43 bits per heavy atom. The lowest BCUT2D eigenvalue weighted by Gasteiger charge is -2.08. The highest BCUT2D eigenvalue weighted by Gasteiger charge is 2.07. The van der Waals surface area contributed by atoms with E-state index in [0.29, 0.717) is 18.4 Å². The molecule has 0 radical (unpaired) electrons. The molecule has 0 saturated carbocycles. The van der Waals surface area contributed by atoms with Crippen LogP contribution in [0.4, 0.5) is 8.78 Å². The second-order valence-corrected chi connectivity index (χ2v) is 3.11. The standard InChI is InChI=1S/C11H11F2N/c1-2-3-10(14)6-8-4-5-9(12)7-11(8)13/h1,4-5,7,10H,3,6,14H2. The fourth-order valence-corrected chi connectivity index (χ4v) is 1.19. The predicted octanol–water partition coefficient (Wildman–Crippen LogP) is 1.86. The molecule has 1 unspecified atom stereocenters. The minimum absolute atomic E-state index is 0.278. The minimum Gasteiger partial charge on any atom is -0.327 e. The van der Waals surface area contributed by atoms with Crippen LogP contribution < -0.4 is 5.73 Å². The predicted molar refractivity (Wildman–Crippen MR) is 51.5 cm³/mol. The molecule has 1 rings (SSSR count). The number of terminal acetylenes is 1. The Bertz CT molecular complexity index is 355. The van der Waals surface area contributed by atoms with Crippen LogP contribution in [0.1, 0.15) is 12.0 Å². The van der Waals surface area contributed by atoms with E-state index in [2.05, 4.69) is 5.92 Å². The van der Waals surface area contributed by atoms with Crippen molar-refractivity contribution < 1.29 is 8.78 Å². The van der Waals surface area contributed by atoms with Crippen molar-refractivity contribution in [1.29, 1.82) is 0 Å². The van der Waals surface area contributed by atoms with Crippen LogP contribution in [-0.2, 0) is 6.42 Å². The molecule has 0 aliphatic carbocycles. The van der Waals surface area contributed by atoms with Crippen molar-refractivity contribution in [3.8, 4) is 12.3 Å². The normalized spacial score (nSPS) is 12.1. The number of nitrogens with two attached hydrogens (primary N) is 1. The molecule has 0 aromatic heterocycles. The van der Waals surface area contributed by atoms with Gasteiger partial charge in [-0.15, -0.1) is 12.3 Å². The van der Waals surface area contributed by atoms with Crippen LogP contribution in [-0.4, -0.2) is 6.04 Å². The second kappa shape index (κ2) is 4.73. The Labute approximate surface area is 81.9 Å². The summed E-state index contributed by atoms with van der Waals surface area (Å²) in [5.41, 5.74) is 6.02. The fourth-order valence-electron chi connectivity index (χ4n) is 1.19. The van der Waals surface area contributed by atoms with Crippen molar-refractivity contribution in [2.24, 2.45) is 5.73 Å². The van der Waals surface area contributed by atoms with Crippen LogP contribution in [0.2, 0.25) is 0 Å². The molecule has 0 spiro atoms. The third kappa shape index (κ3) is 2.82. The van der Waals surface area contributed by atoms with E-state index in [1.54, 1.807) is 0 Å². The maximum Gasteiger partial charge on any atom is 0.129 e. The van der Waals surface area contributed by atoms with Gasteiger partial charge in [-0.1, -0.05) is 6.07 Å². The van der Waals surface area contributed by atoms with E-state index in [-0.39, 0.29) is 6.04 Å². The van der Waals surface area contributed by atoms with Crippen molar-refractivity contribution >= 4 is 0 Å². The first-order chi connectivity index (χ1) is 6.63. The summed E-state index contributed by atoms with van der Waals surface area (Å²) < 4.78 is 25.6. The molecule has 14 heavy (non-hydrogen) atoms. The number of hydrogen-bond donors (Lipinski definition) is 1. The van der Waals surface area contributed by atoms with Gasteiger partial charge < -0.3 is 5.73 Å². The van der Waals surface area contributed by atoms with Gasteiger partial charge in [0.2, 0.25) is 0 Å². The Kier molecular flexibility index (Phi) is 3.61. The summed E-state index contributed by atoms with van der Waals surface area (Å²) in [5.74, 6) is 1.24. The zero-order valence-corrected chi connectivity index (χ0v) is 7.63. The molecule has 3 heteroatoms. The first-order valence-electron chi connectivity index (χ1n) is 4.26. The van der Waals surface area contributed by atoms with Gasteiger partial charge in [-0.2, -0.15) is 0 Å². The fraction of sp³-hybridized carbons (Fsp3) is 0.273. The maximum atomic E-state index is 13.1. The average molecular weight is 195 g/mol. The molecule has 0 bridgehead atoms. The van der Waals surface area contributed by atoms with Crippen LogP contribution in [0.5, 0.6) is 0 Å². The lowest BCUT2D eigenvalue weighted by molar-refractivity contribution is 0.561. The summed E-state index contributed by atoms with van der Waals surface area (Å²) in [6.45, 7) is 0.